The Bertz CT molecular complexity index is 739. The van der Waals surface area contributed by atoms with Crippen molar-refractivity contribution in [1.82, 2.24) is 10.6 Å². The molecule has 180 valence electrons. The Morgan fingerprint density at radius 1 is 0.844 bits per heavy atom. The van der Waals surface area contributed by atoms with Gasteiger partial charge < -0.3 is 19.7 Å². The molecule has 0 aromatic carbocycles. The van der Waals surface area contributed by atoms with Crippen LogP contribution < -0.4 is 10.6 Å². The second kappa shape index (κ2) is 10.5. The topological polar surface area (TPSA) is 151 Å². The Hall–Kier alpha value is -3.04. The van der Waals surface area contributed by atoms with Crippen molar-refractivity contribution in [2.24, 2.45) is 10.8 Å². The Kier molecular flexibility index (Phi) is 8.87. The molecular formula is C22H34N2O8. The highest BCUT2D eigenvalue weighted by Gasteiger charge is 2.60. The molecule has 32 heavy (non-hydrogen) atoms. The minimum Gasteiger partial charge on any atom is -0.465 e. The van der Waals surface area contributed by atoms with E-state index in [1.54, 1.807) is 13.8 Å². The Balaban J connectivity index is 3.32. The van der Waals surface area contributed by atoms with Crippen LogP contribution in [0.25, 0.3) is 0 Å². The lowest BCUT2D eigenvalue weighted by atomic mass is 9.50. The molecule has 10 heteroatoms. The van der Waals surface area contributed by atoms with Crippen molar-refractivity contribution in [2.45, 2.75) is 65.5 Å². The Morgan fingerprint density at radius 3 is 1.59 bits per heavy atom. The van der Waals surface area contributed by atoms with Crippen molar-refractivity contribution in [3.63, 3.8) is 0 Å². The van der Waals surface area contributed by atoms with Crippen LogP contribution in [0.15, 0.2) is 24.3 Å². The summed E-state index contributed by atoms with van der Waals surface area (Å²) in [6.45, 7) is 13.7. The van der Waals surface area contributed by atoms with E-state index in [9.17, 15) is 29.4 Å². The van der Waals surface area contributed by atoms with E-state index in [0.717, 1.165) is 0 Å². The van der Waals surface area contributed by atoms with Gasteiger partial charge in [0.1, 0.15) is 5.66 Å². The summed E-state index contributed by atoms with van der Waals surface area (Å²) in [4.78, 5) is 46.9. The van der Waals surface area contributed by atoms with E-state index >= 15 is 0 Å². The molecule has 1 aliphatic rings. The number of rotatable bonds is 10. The highest BCUT2D eigenvalue weighted by atomic mass is 16.5. The van der Waals surface area contributed by atoms with Gasteiger partial charge in [0.05, 0.1) is 13.2 Å². The van der Waals surface area contributed by atoms with Crippen LogP contribution in [0.1, 0.15) is 59.8 Å². The van der Waals surface area contributed by atoms with Crippen LogP contribution in [0.2, 0.25) is 0 Å². The number of esters is 2. The van der Waals surface area contributed by atoms with Crippen LogP contribution in [0, 0.1) is 10.8 Å². The maximum Gasteiger partial charge on any atom is 0.406 e. The molecule has 2 amide bonds. The minimum atomic E-state index is -1.50. The summed E-state index contributed by atoms with van der Waals surface area (Å²) in [5.74, 6) is -1.11. The third-order valence-corrected chi connectivity index (χ3v) is 6.56. The fraction of sp³-hybridized carbons (Fsp3) is 0.636. The molecule has 1 rings (SSSR count). The van der Waals surface area contributed by atoms with Crippen LogP contribution >= 0.6 is 0 Å². The average molecular weight is 455 g/mol. The Morgan fingerprint density at radius 2 is 1.25 bits per heavy atom. The summed E-state index contributed by atoms with van der Waals surface area (Å²) in [5, 5.41) is 23.7. The van der Waals surface area contributed by atoms with Crippen molar-refractivity contribution in [3.05, 3.63) is 24.3 Å². The van der Waals surface area contributed by atoms with Gasteiger partial charge in [0.15, 0.2) is 0 Å². The lowest BCUT2D eigenvalue weighted by molar-refractivity contribution is -0.147. The van der Waals surface area contributed by atoms with Gasteiger partial charge in [-0.1, -0.05) is 27.0 Å². The standard InChI is InChI=1S/C22H34N2O8/c1-14(2)16(25)31-12-10-21(11-13-32-17(26)15(3)4)8-7-9-22(20(21,5)6,23-18(27)28)24-19(29)30/h23-24H,1,3,7-13H2,2,4-6H3,(H,27,28)(H,29,30). The molecule has 0 aromatic heterocycles. The second-order valence-electron chi connectivity index (χ2n) is 8.86. The number of nitrogens with one attached hydrogen (secondary N) is 2. The summed E-state index contributed by atoms with van der Waals surface area (Å²) in [6, 6.07) is 0. The van der Waals surface area contributed by atoms with E-state index in [1.165, 1.54) is 13.8 Å². The molecule has 0 atom stereocenters. The lowest BCUT2D eigenvalue weighted by Gasteiger charge is -2.60. The Labute approximate surface area is 188 Å². The van der Waals surface area contributed by atoms with Crippen LogP contribution in [0.5, 0.6) is 0 Å². The molecule has 1 fully saturated rings. The van der Waals surface area contributed by atoms with Crippen molar-refractivity contribution >= 4 is 24.1 Å². The predicted octanol–water partition coefficient (Wildman–Crippen LogP) is 3.43. The van der Waals surface area contributed by atoms with Crippen molar-refractivity contribution < 1.29 is 38.9 Å². The SMILES string of the molecule is C=C(C)C(=O)OCCC1(CCOC(=O)C(=C)C)CCCC(NC(=O)O)(NC(=O)O)C1(C)C. The third kappa shape index (κ3) is 6.02. The number of ether oxygens (including phenoxy) is 2. The monoisotopic (exact) mass is 454 g/mol. The molecule has 0 radical (unpaired) electrons. The lowest BCUT2D eigenvalue weighted by Crippen LogP contribution is -2.73. The summed E-state index contributed by atoms with van der Waals surface area (Å²) in [7, 11) is 0. The smallest absolute Gasteiger partial charge is 0.406 e. The third-order valence-electron chi connectivity index (χ3n) is 6.56. The largest absolute Gasteiger partial charge is 0.465 e. The number of carboxylic acid groups (broad SMARTS) is 2. The number of hydrogen-bond donors (Lipinski definition) is 4. The van der Waals surface area contributed by atoms with Gasteiger partial charge in [-0.05, 0) is 51.4 Å². The summed E-state index contributed by atoms with van der Waals surface area (Å²) < 4.78 is 10.6. The predicted molar refractivity (Wildman–Crippen MR) is 116 cm³/mol. The van der Waals surface area contributed by atoms with E-state index in [-0.39, 0.29) is 30.8 Å². The second-order valence-corrected chi connectivity index (χ2v) is 8.86. The zero-order valence-corrected chi connectivity index (χ0v) is 19.2. The minimum absolute atomic E-state index is 0.0137. The molecule has 0 heterocycles. The molecule has 0 aromatic rings. The number of carbonyl (C=O) groups excluding carboxylic acids is 2. The molecule has 0 unspecified atom stereocenters. The molecular weight excluding hydrogens is 420 g/mol. The molecule has 4 N–H and O–H groups in total. The van der Waals surface area contributed by atoms with Gasteiger partial charge in [0.2, 0.25) is 0 Å². The van der Waals surface area contributed by atoms with Crippen LogP contribution in [0.3, 0.4) is 0 Å². The first-order chi connectivity index (χ1) is 14.7. The average Bonchev–Trinajstić information content (AvgIpc) is 2.64. The van der Waals surface area contributed by atoms with Gasteiger partial charge in [-0.2, -0.15) is 0 Å². The van der Waals surface area contributed by atoms with E-state index in [4.69, 9.17) is 9.47 Å². The number of carbonyl (C=O) groups is 4. The highest BCUT2D eigenvalue weighted by Crippen LogP contribution is 2.58. The van der Waals surface area contributed by atoms with Crippen molar-refractivity contribution in [2.75, 3.05) is 13.2 Å². The van der Waals surface area contributed by atoms with Crippen LogP contribution in [0.4, 0.5) is 9.59 Å². The van der Waals surface area contributed by atoms with Crippen LogP contribution in [-0.4, -0.2) is 53.2 Å². The van der Waals surface area contributed by atoms with Gasteiger partial charge in [-0.15, -0.1) is 0 Å². The van der Waals surface area contributed by atoms with Crippen molar-refractivity contribution in [3.8, 4) is 0 Å². The van der Waals surface area contributed by atoms with Crippen molar-refractivity contribution in [1.29, 1.82) is 0 Å². The first-order valence-corrected chi connectivity index (χ1v) is 10.4. The van der Waals surface area contributed by atoms with Gasteiger partial charge >= 0.3 is 24.1 Å². The summed E-state index contributed by atoms with van der Waals surface area (Å²) >= 11 is 0. The molecule has 0 spiro atoms. The van der Waals surface area contributed by atoms with Gasteiger partial charge in [0.25, 0.3) is 0 Å². The number of hydrogen-bond acceptors (Lipinski definition) is 6. The van der Waals surface area contributed by atoms with Crippen LogP contribution in [-0.2, 0) is 19.1 Å². The molecule has 10 nitrogen and oxygen atoms in total. The van der Waals surface area contributed by atoms with E-state index in [0.29, 0.717) is 25.7 Å². The van der Waals surface area contributed by atoms with Gasteiger partial charge in [-0.25, -0.2) is 19.2 Å². The fourth-order valence-corrected chi connectivity index (χ4v) is 4.53. The molecule has 0 aliphatic heterocycles. The fourth-order valence-electron chi connectivity index (χ4n) is 4.53. The molecule has 1 aliphatic carbocycles. The highest BCUT2D eigenvalue weighted by molar-refractivity contribution is 5.87. The summed E-state index contributed by atoms with van der Waals surface area (Å²) in [5.41, 5.74) is -2.74. The first kappa shape index (κ1) is 27.0. The zero-order valence-electron chi connectivity index (χ0n) is 19.2. The van der Waals surface area contributed by atoms with Gasteiger partial charge in [-0.3, -0.25) is 10.6 Å². The zero-order chi connectivity index (χ0) is 24.7. The molecule has 1 saturated carbocycles. The number of amides is 2. The quantitative estimate of drug-likeness (QED) is 0.223. The maximum absolute atomic E-state index is 11.9. The normalized spacial score (nSPS) is 18.0. The van der Waals surface area contributed by atoms with E-state index in [1.807, 2.05) is 0 Å². The first-order valence-electron chi connectivity index (χ1n) is 10.4. The van der Waals surface area contributed by atoms with E-state index < -0.39 is 40.6 Å². The molecule has 0 saturated heterocycles. The van der Waals surface area contributed by atoms with Gasteiger partial charge in [0, 0.05) is 16.6 Å². The van der Waals surface area contributed by atoms with E-state index in [2.05, 4.69) is 23.8 Å². The maximum atomic E-state index is 11.9. The summed E-state index contributed by atoms with van der Waals surface area (Å²) in [6.07, 6.45) is -0.832. The molecule has 0 bridgehead atoms.